The predicted octanol–water partition coefficient (Wildman–Crippen LogP) is 4.21. The van der Waals surface area contributed by atoms with Gasteiger partial charge in [0.2, 0.25) is 5.91 Å². The third kappa shape index (κ3) is 6.42. The molecule has 0 bridgehead atoms. The van der Waals surface area contributed by atoms with Gasteiger partial charge in [0.25, 0.3) is 11.1 Å². The van der Waals surface area contributed by atoms with Crippen LogP contribution in [-0.4, -0.2) is 66.8 Å². The number of imide groups is 1. The highest BCUT2D eigenvalue weighted by Gasteiger charge is 2.37. The number of hydrogen-bond acceptors (Lipinski definition) is 7. The van der Waals surface area contributed by atoms with E-state index in [0.717, 1.165) is 27.8 Å². The first-order valence-corrected chi connectivity index (χ1v) is 12.8. The number of thioether (sulfide) groups is 1. The van der Waals surface area contributed by atoms with Gasteiger partial charge in [0.05, 0.1) is 25.2 Å². The predicted molar refractivity (Wildman–Crippen MR) is 142 cm³/mol. The zero-order chi connectivity index (χ0) is 26.4. The first kappa shape index (κ1) is 26.5. The molecule has 37 heavy (non-hydrogen) atoms. The molecular weight excluding hydrogens is 492 g/mol. The van der Waals surface area contributed by atoms with E-state index < -0.39 is 11.1 Å². The summed E-state index contributed by atoms with van der Waals surface area (Å²) in [6.45, 7) is 7.78. The second kappa shape index (κ2) is 12.1. The van der Waals surface area contributed by atoms with E-state index in [1.54, 1.807) is 30.2 Å². The minimum absolute atomic E-state index is 0.250. The van der Waals surface area contributed by atoms with E-state index in [1.165, 1.54) is 5.56 Å². The molecule has 2 aromatic carbocycles. The number of amides is 3. The van der Waals surface area contributed by atoms with E-state index >= 15 is 0 Å². The van der Waals surface area contributed by atoms with Crippen LogP contribution in [0.2, 0.25) is 0 Å². The highest BCUT2D eigenvalue weighted by atomic mass is 32.2. The molecule has 2 aromatic rings. The minimum atomic E-state index is -0.486. The Balaban J connectivity index is 1.53. The number of carbonyl (C=O) groups is 3. The maximum atomic E-state index is 13.0. The van der Waals surface area contributed by atoms with Gasteiger partial charge in [-0.15, -0.1) is 6.58 Å². The topological polar surface area (TPSA) is 85.4 Å². The summed E-state index contributed by atoms with van der Waals surface area (Å²) in [5, 5.41) is -0.464. The molecule has 0 radical (unpaired) electrons. The molecule has 2 saturated heterocycles. The molecule has 8 nitrogen and oxygen atoms in total. The van der Waals surface area contributed by atoms with Crippen LogP contribution >= 0.6 is 11.8 Å². The Hall–Kier alpha value is -3.56. The molecular formula is C28H30N2O6S. The molecule has 2 aliphatic heterocycles. The van der Waals surface area contributed by atoms with Gasteiger partial charge in [-0.1, -0.05) is 35.9 Å². The van der Waals surface area contributed by atoms with Crippen molar-refractivity contribution in [3.63, 3.8) is 0 Å². The zero-order valence-corrected chi connectivity index (χ0v) is 21.8. The van der Waals surface area contributed by atoms with E-state index in [2.05, 4.69) is 6.58 Å². The number of methoxy groups -OCH3 is 1. The van der Waals surface area contributed by atoms with Crippen LogP contribution in [0.3, 0.4) is 0 Å². The van der Waals surface area contributed by atoms with Gasteiger partial charge in [0, 0.05) is 18.7 Å². The van der Waals surface area contributed by atoms with Crippen molar-refractivity contribution in [1.82, 2.24) is 9.80 Å². The van der Waals surface area contributed by atoms with Gasteiger partial charge in [-0.05, 0) is 54.4 Å². The van der Waals surface area contributed by atoms with E-state index in [0.29, 0.717) is 56.4 Å². The third-order valence-electron chi connectivity index (χ3n) is 6.07. The molecule has 194 valence electrons. The molecule has 0 spiro atoms. The number of carbonyl (C=O) groups excluding carboxylic acids is 3. The van der Waals surface area contributed by atoms with Crippen molar-refractivity contribution in [3.05, 3.63) is 76.2 Å². The largest absolute Gasteiger partial charge is 0.493 e. The summed E-state index contributed by atoms with van der Waals surface area (Å²) in [5.41, 5.74) is 3.73. The van der Waals surface area contributed by atoms with Gasteiger partial charge in [0.1, 0.15) is 13.2 Å². The van der Waals surface area contributed by atoms with Crippen molar-refractivity contribution in [2.75, 3.05) is 40.0 Å². The molecule has 9 heteroatoms. The second-order valence-corrected chi connectivity index (χ2v) is 9.73. The highest BCUT2D eigenvalue weighted by molar-refractivity contribution is 8.18. The summed E-state index contributed by atoms with van der Waals surface area (Å²) < 4.78 is 17.0. The maximum absolute atomic E-state index is 13.0. The number of rotatable bonds is 9. The lowest BCUT2D eigenvalue weighted by Crippen LogP contribution is -2.46. The minimum Gasteiger partial charge on any atom is -0.493 e. The summed E-state index contributed by atoms with van der Waals surface area (Å²) in [5.74, 6) is 0.362. The SMILES string of the molecule is C=CCc1cc(/C=C2/SC(=O)N(CC(=O)N3CCOCC3)C2=O)cc(OC)c1OCc1ccc(C)cc1. The van der Waals surface area contributed by atoms with Crippen LogP contribution in [0.1, 0.15) is 22.3 Å². The van der Waals surface area contributed by atoms with Crippen LogP contribution in [0.15, 0.2) is 54.0 Å². The van der Waals surface area contributed by atoms with Gasteiger partial charge in [0.15, 0.2) is 11.5 Å². The van der Waals surface area contributed by atoms with Crippen LogP contribution < -0.4 is 9.47 Å². The zero-order valence-electron chi connectivity index (χ0n) is 21.0. The molecule has 2 aliphatic rings. The molecule has 0 unspecified atom stereocenters. The number of ether oxygens (including phenoxy) is 3. The van der Waals surface area contributed by atoms with Gasteiger partial charge in [-0.25, -0.2) is 0 Å². The summed E-state index contributed by atoms with van der Waals surface area (Å²) in [4.78, 5) is 41.0. The van der Waals surface area contributed by atoms with Crippen LogP contribution in [0.4, 0.5) is 4.79 Å². The first-order chi connectivity index (χ1) is 17.9. The van der Waals surface area contributed by atoms with Crippen LogP contribution in [0.5, 0.6) is 11.5 Å². The maximum Gasteiger partial charge on any atom is 0.294 e. The smallest absolute Gasteiger partial charge is 0.294 e. The first-order valence-electron chi connectivity index (χ1n) is 12.0. The van der Waals surface area contributed by atoms with Crippen molar-refractivity contribution in [1.29, 1.82) is 0 Å². The Morgan fingerprint density at radius 3 is 2.57 bits per heavy atom. The molecule has 0 atom stereocenters. The lowest BCUT2D eigenvalue weighted by Gasteiger charge is -2.28. The van der Waals surface area contributed by atoms with Gasteiger partial charge in [-0.2, -0.15) is 0 Å². The van der Waals surface area contributed by atoms with Gasteiger partial charge >= 0.3 is 0 Å². The molecule has 0 aliphatic carbocycles. The van der Waals surface area contributed by atoms with Crippen LogP contribution in [-0.2, 0) is 27.4 Å². The van der Waals surface area contributed by atoms with Crippen molar-refractivity contribution in [2.24, 2.45) is 0 Å². The summed E-state index contributed by atoms with van der Waals surface area (Å²) in [7, 11) is 1.56. The fourth-order valence-corrected chi connectivity index (χ4v) is 4.90. The number of allylic oxidation sites excluding steroid dienone is 1. The second-order valence-electron chi connectivity index (χ2n) is 8.74. The monoisotopic (exact) mass is 522 g/mol. The number of nitrogens with zero attached hydrogens (tertiary/aromatic N) is 2. The van der Waals surface area contributed by atoms with Gasteiger partial charge < -0.3 is 19.1 Å². The number of hydrogen-bond donors (Lipinski definition) is 0. The van der Waals surface area contributed by atoms with Crippen molar-refractivity contribution in [3.8, 4) is 11.5 Å². The average molecular weight is 523 g/mol. The molecule has 2 heterocycles. The number of morpholine rings is 1. The Kier molecular flexibility index (Phi) is 8.68. The number of benzene rings is 2. The van der Waals surface area contributed by atoms with E-state index in [9.17, 15) is 14.4 Å². The highest BCUT2D eigenvalue weighted by Crippen LogP contribution is 2.37. The molecule has 3 amide bonds. The average Bonchev–Trinajstić information content (AvgIpc) is 3.16. The van der Waals surface area contributed by atoms with E-state index in [-0.39, 0.29) is 17.4 Å². The molecule has 2 fully saturated rings. The van der Waals surface area contributed by atoms with Crippen molar-refractivity contribution >= 4 is 34.9 Å². The van der Waals surface area contributed by atoms with Crippen LogP contribution in [0.25, 0.3) is 6.08 Å². The van der Waals surface area contributed by atoms with E-state index in [1.807, 2.05) is 37.3 Å². The lowest BCUT2D eigenvalue weighted by atomic mass is 10.0. The molecule has 4 rings (SSSR count). The summed E-state index contributed by atoms with van der Waals surface area (Å²) in [6, 6.07) is 11.8. The Labute approximate surface area is 220 Å². The van der Waals surface area contributed by atoms with E-state index in [4.69, 9.17) is 14.2 Å². The molecule has 0 N–H and O–H groups in total. The normalized spacial score (nSPS) is 16.9. The fourth-order valence-electron chi connectivity index (χ4n) is 4.06. The van der Waals surface area contributed by atoms with Gasteiger partial charge in [-0.3, -0.25) is 19.3 Å². The quantitative estimate of drug-likeness (QED) is 0.360. The Morgan fingerprint density at radius 2 is 1.89 bits per heavy atom. The van der Waals surface area contributed by atoms with Crippen molar-refractivity contribution < 1.29 is 28.6 Å². The summed E-state index contributed by atoms with van der Waals surface area (Å²) >= 11 is 0.822. The molecule has 0 aromatic heterocycles. The summed E-state index contributed by atoms with van der Waals surface area (Å²) in [6.07, 6.45) is 3.93. The van der Waals surface area contributed by atoms with Crippen molar-refractivity contribution in [2.45, 2.75) is 20.0 Å². The van der Waals surface area contributed by atoms with Crippen LogP contribution in [0, 0.1) is 6.92 Å². The Morgan fingerprint density at radius 1 is 1.16 bits per heavy atom. The fraction of sp³-hybridized carbons (Fsp3) is 0.321. The molecule has 0 saturated carbocycles. The number of aryl methyl sites for hydroxylation is 1. The lowest BCUT2D eigenvalue weighted by molar-refractivity contribution is -0.139. The third-order valence-corrected chi connectivity index (χ3v) is 6.98. The standard InChI is InChI=1S/C28H30N2O6S/c1-4-5-22-14-21(15-23(34-3)26(22)36-18-20-8-6-19(2)7-9-20)16-24-27(32)30(28(33)37-24)17-25(31)29-10-12-35-13-11-29/h4,6-9,14-16H,1,5,10-13,17-18H2,2-3H3/b24-16+. The Bertz CT molecular complexity index is 1220.